The van der Waals surface area contributed by atoms with Crippen LogP contribution in [0.25, 0.3) is 11.0 Å². The molecule has 0 aliphatic rings. The average molecular weight is 303 g/mol. The summed E-state index contributed by atoms with van der Waals surface area (Å²) in [6.07, 6.45) is 0. The number of hydrogen-bond acceptors (Lipinski definition) is 1. The monoisotopic (exact) mass is 303 g/mol. The second-order valence-electron chi connectivity index (χ2n) is 7.62. The zero-order valence-electron chi connectivity index (χ0n) is 14.7. The average Bonchev–Trinajstić information content (AvgIpc) is 2.88. The third-order valence-electron chi connectivity index (χ3n) is 4.31. The zero-order valence-corrected chi connectivity index (χ0v) is 14.7. The number of furan rings is 1. The fraction of sp³-hybridized carbons (Fsp3) is 0.333. The summed E-state index contributed by atoms with van der Waals surface area (Å²) in [5.74, 6) is 0.561. The van der Waals surface area contributed by atoms with E-state index in [9.17, 15) is 0 Å². The summed E-state index contributed by atoms with van der Waals surface area (Å²) >= 11 is 0. The van der Waals surface area contributed by atoms with Gasteiger partial charge in [0.25, 0.3) is 0 Å². The van der Waals surface area contributed by atoms with Crippen LogP contribution in [0.15, 0.2) is 52.9 Å². The van der Waals surface area contributed by atoms with Crippen LogP contribution in [0.2, 0.25) is 0 Å². The minimum Gasteiger partial charge on any atom is -0.472 e. The molecule has 0 unspecified atom stereocenters. The molecule has 1 aromatic heterocycles. The van der Waals surface area contributed by atoms with Crippen molar-refractivity contribution < 1.29 is 4.42 Å². The van der Waals surface area contributed by atoms with E-state index in [4.69, 9.17) is 4.42 Å². The van der Waals surface area contributed by atoms with Crippen molar-refractivity contribution in [3.8, 4) is 0 Å². The van der Waals surface area contributed by atoms with Crippen LogP contribution in [0, 0.1) is 0 Å². The van der Waals surface area contributed by atoms with Crippen molar-refractivity contribution in [2.45, 2.75) is 46.0 Å². The predicted octanol–water partition coefficient (Wildman–Crippen LogP) is 4.51. The molecule has 3 aromatic rings. The van der Waals surface area contributed by atoms with Crippen molar-refractivity contribution in [2.24, 2.45) is 0 Å². The molecule has 0 bridgehead atoms. The van der Waals surface area contributed by atoms with Crippen molar-refractivity contribution in [3.63, 3.8) is 0 Å². The van der Waals surface area contributed by atoms with Crippen molar-refractivity contribution in [3.05, 3.63) is 59.7 Å². The smallest absolute Gasteiger partial charge is 0.240 e. The third-order valence-corrected chi connectivity index (χ3v) is 4.31. The maximum atomic E-state index is 5.96. The Kier molecular flexibility index (Phi) is 4.10. The van der Waals surface area contributed by atoms with Gasteiger partial charge in [0.05, 0.1) is 5.66 Å². The number of rotatable bonds is 3. The Morgan fingerprint density at radius 1 is 0.913 bits per heavy atom. The first-order chi connectivity index (χ1) is 10.8. The minimum atomic E-state index is 0.155. The van der Waals surface area contributed by atoms with Crippen LogP contribution < -0.4 is 11.1 Å². The number of hydrogen-bond donors (Lipinski definition) is 0. The molecule has 23 heavy (non-hydrogen) atoms. The highest BCUT2D eigenvalue weighted by Crippen LogP contribution is 2.26. The molecule has 0 fully saturated rings. The summed E-state index contributed by atoms with van der Waals surface area (Å²) in [6.45, 7) is 11.1. The Bertz CT molecular complexity index is 804. The molecule has 1 radical (unpaired) electrons. The molecule has 0 aliphatic carbocycles. The lowest BCUT2D eigenvalue weighted by Crippen LogP contribution is -2.25. The molecule has 0 N–H and O–H groups in total. The molecule has 0 saturated carbocycles. The lowest BCUT2D eigenvalue weighted by molar-refractivity contribution is 0.590. The van der Waals surface area contributed by atoms with Crippen LogP contribution in [-0.4, -0.2) is 7.28 Å². The van der Waals surface area contributed by atoms with E-state index in [-0.39, 0.29) is 5.41 Å². The van der Waals surface area contributed by atoms with E-state index in [2.05, 4.69) is 90.4 Å². The Balaban J connectivity index is 1.86. The maximum Gasteiger partial charge on any atom is 0.240 e. The molecule has 2 aromatic carbocycles. The van der Waals surface area contributed by atoms with E-state index >= 15 is 0 Å². The molecule has 0 aliphatic heterocycles. The van der Waals surface area contributed by atoms with E-state index < -0.39 is 0 Å². The Labute approximate surface area is 140 Å². The van der Waals surface area contributed by atoms with Gasteiger partial charge in [-0.3, -0.25) is 0 Å². The van der Waals surface area contributed by atoms with E-state index in [1.54, 1.807) is 0 Å². The predicted molar refractivity (Wildman–Crippen MR) is 100 cm³/mol. The third kappa shape index (κ3) is 3.52. The maximum absolute atomic E-state index is 5.96. The van der Waals surface area contributed by atoms with Gasteiger partial charge in [-0.25, -0.2) is 0 Å². The first-order valence-corrected chi connectivity index (χ1v) is 8.32. The summed E-state index contributed by atoms with van der Waals surface area (Å²) in [5.41, 5.74) is 5.87. The van der Waals surface area contributed by atoms with Gasteiger partial charge in [0.15, 0.2) is 0 Å². The number of fused-ring (bicyclic) bond motifs is 1. The summed E-state index contributed by atoms with van der Waals surface area (Å²) in [7, 11) is 2.10. The van der Waals surface area contributed by atoms with Crippen LogP contribution in [0.4, 0.5) is 0 Å². The van der Waals surface area contributed by atoms with Crippen molar-refractivity contribution >= 4 is 29.4 Å². The van der Waals surface area contributed by atoms with Crippen molar-refractivity contribution in [1.82, 2.24) is 0 Å². The molecular formula is C21H24BO. The quantitative estimate of drug-likeness (QED) is 0.649. The molecule has 1 heterocycles. The Morgan fingerprint density at radius 2 is 1.61 bits per heavy atom. The normalized spacial score (nSPS) is 12.1. The van der Waals surface area contributed by atoms with E-state index in [0.29, 0.717) is 5.92 Å². The molecule has 117 valence electrons. The van der Waals surface area contributed by atoms with Crippen molar-refractivity contribution in [1.29, 1.82) is 0 Å². The molecule has 0 spiro atoms. The van der Waals surface area contributed by atoms with Crippen LogP contribution in [-0.2, 0) is 5.41 Å². The van der Waals surface area contributed by atoms with Gasteiger partial charge in [-0.05, 0) is 40.7 Å². The summed E-state index contributed by atoms with van der Waals surface area (Å²) in [6, 6.07) is 17.3. The van der Waals surface area contributed by atoms with Crippen LogP contribution in [0.1, 0.15) is 51.7 Å². The Hall–Kier alpha value is -1.96. The van der Waals surface area contributed by atoms with Crippen LogP contribution in [0.3, 0.4) is 0 Å². The van der Waals surface area contributed by atoms with Crippen LogP contribution >= 0.6 is 0 Å². The van der Waals surface area contributed by atoms with E-state index in [0.717, 1.165) is 11.2 Å². The van der Waals surface area contributed by atoms with Gasteiger partial charge in [0.2, 0.25) is 7.28 Å². The van der Waals surface area contributed by atoms with Gasteiger partial charge < -0.3 is 4.42 Å². The highest BCUT2D eigenvalue weighted by molar-refractivity contribution is 6.66. The summed E-state index contributed by atoms with van der Waals surface area (Å²) < 4.78 is 5.96. The Morgan fingerprint density at radius 3 is 2.22 bits per heavy atom. The van der Waals surface area contributed by atoms with Gasteiger partial charge >= 0.3 is 0 Å². The molecule has 0 saturated heterocycles. The fourth-order valence-corrected chi connectivity index (χ4v) is 2.74. The SMILES string of the molecule is CC(C)c1ccc([B]c2cc3cc(C(C)(C)C)ccc3o2)cc1. The fourth-order valence-electron chi connectivity index (χ4n) is 2.74. The molecule has 3 rings (SSSR count). The van der Waals surface area contributed by atoms with Crippen molar-refractivity contribution in [2.75, 3.05) is 0 Å². The van der Waals surface area contributed by atoms with Gasteiger partial charge in [-0.1, -0.05) is 70.4 Å². The second-order valence-corrected chi connectivity index (χ2v) is 7.62. The van der Waals surface area contributed by atoms with E-state index in [1.165, 1.54) is 22.0 Å². The lowest BCUT2D eigenvalue weighted by Gasteiger charge is -2.18. The molecule has 2 heteroatoms. The van der Waals surface area contributed by atoms with Gasteiger partial charge in [-0.2, -0.15) is 0 Å². The highest BCUT2D eigenvalue weighted by atomic mass is 16.3. The first kappa shape index (κ1) is 15.9. The molecule has 0 amide bonds. The van der Waals surface area contributed by atoms with Gasteiger partial charge in [0.1, 0.15) is 5.58 Å². The second kappa shape index (κ2) is 5.92. The summed E-state index contributed by atoms with van der Waals surface area (Å²) in [4.78, 5) is 0. The van der Waals surface area contributed by atoms with Gasteiger partial charge in [-0.15, -0.1) is 0 Å². The minimum absolute atomic E-state index is 0.155. The molecule has 1 nitrogen and oxygen atoms in total. The topological polar surface area (TPSA) is 13.1 Å². The highest BCUT2D eigenvalue weighted by Gasteiger charge is 2.15. The standard InChI is InChI=1S/C21H24BO/c1-14(2)15-6-9-18(10-7-15)22-20-13-16-12-17(21(3,4)5)8-11-19(16)23-20/h6-14H,1-5H3. The molecule has 0 atom stereocenters. The lowest BCUT2D eigenvalue weighted by atomic mass is 9.67. The summed E-state index contributed by atoms with van der Waals surface area (Å²) in [5, 5.41) is 1.17. The number of benzene rings is 2. The van der Waals surface area contributed by atoms with E-state index in [1.807, 2.05) is 0 Å². The van der Waals surface area contributed by atoms with Crippen LogP contribution in [0.5, 0.6) is 0 Å². The first-order valence-electron chi connectivity index (χ1n) is 8.32. The largest absolute Gasteiger partial charge is 0.472 e. The molecular weight excluding hydrogens is 279 g/mol. The zero-order chi connectivity index (χ0) is 16.6. The van der Waals surface area contributed by atoms with Gasteiger partial charge in [0, 0.05) is 5.39 Å².